The van der Waals surface area contributed by atoms with Crippen molar-refractivity contribution >= 4 is 17.7 Å². The van der Waals surface area contributed by atoms with Crippen LogP contribution in [0.3, 0.4) is 0 Å². The lowest BCUT2D eigenvalue weighted by Crippen LogP contribution is -2.40. The Bertz CT molecular complexity index is 460. The number of amides is 3. The molecule has 0 aliphatic heterocycles. The molecular weight excluding hydrogens is 258 g/mol. The minimum absolute atomic E-state index is 0.0587. The fourth-order valence-corrected chi connectivity index (χ4v) is 1.44. The van der Waals surface area contributed by atoms with Gasteiger partial charge >= 0.3 is 0 Å². The molecule has 20 heavy (non-hydrogen) atoms. The highest BCUT2D eigenvalue weighted by molar-refractivity contribution is 5.96. The average Bonchev–Trinajstić information content (AvgIpc) is 2.49. The Morgan fingerprint density at radius 1 is 0.900 bits per heavy atom. The summed E-state index contributed by atoms with van der Waals surface area (Å²) >= 11 is 0. The number of rotatable bonds is 7. The molecule has 0 atom stereocenters. The summed E-state index contributed by atoms with van der Waals surface area (Å²) in [5.41, 5.74) is 0.510. The van der Waals surface area contributed by atoms with Gasteiger partial charge in [0.25, 0.3) is 5.91 Å². The Kier molecular flexibility index (Phi) is 6.81. The number of hydrogen-bond acceptors (Lipinski definition) is 3. The number of benzene rings is 1. The van der Waals surface area contributed by atoms with Gasteiger partial charge in [0.2, 0.25) is 11.8 Å². The van der Waals surface area contributed by atoms with Gasteiger partial charge in [-0.1, -0.05) is 25.1 Å². The molecule has 0 saturated carbocycles. The lowest BCUT2D eigenvalue weighted by atomic mass is 10.2. The lowest BCUT2D eigenvalue weighted by Gasteiger charge is -2.07. The second kappa shape index (κ2) is 8.68. The summed E-state index contributed by atoms with van der Waals surface area (Å²) in [4.78, 5) is 34.1. The van der Waals surface area contributed by atoms with Crippen molar-refractivity contribution in [2.75, 3.05) is 19.6 Å². The predicted molar refractivity (Wildman–Crippen MR) is 75.1 cm³/mol. The van der Waals surface area contributed by atoms with E-state index in [2.05, 4.69) is 16.0 Å². The summed E-state index contributed by atoms with van der Waals surface area (Å²) in [6.45, 7) is 2.39. The van der Waals surface area contributed by atoms with E-state index in [9.17, 15) is 14.4 Å². The van der Waals surface area contributed by atoms with Gasteiger partial charge in [-0.15, -0.1) is 0 Å². The van der Waals surface area contributed by atoms with Gasteiger partial charge in [-0.25, -0.2) is 0 Å². The van der Waals surface area contributed by atoms with E-state index < -0.39 is 0 Å². The van der Waals surface area contributed by atoms with Gasteiger partial charge in [0, 0.05) is 25.1 Å². The van der Waals surface area contributed by atoms with Crippen LogP contribution in [0.2, 0.25) is 0 Å². The molecule has 0 bridgehead atoms. The average molecular weight is 277 g/mol. The molecule has 0 aliphatic carbocycles. The second-order valence-electron chi connectivity index (χ2n) is 4.10. The number of carbonyl (C=O) groups is 3. The van der Waals surface area contributed by atoms with Gasteiger partial charge in [-0.3, -0.25) is 14.4 Å². The molecule has 108 valence electrons. The van der Waals surface area contributed by atoms with E-state index >= 15 is 0 Å². The molecule has 6 heteroatoms. The van der Waals surface area contributed by atoms with E-state index in [-0.39, 0.29) is 24.3 Å². The highest BCUT2D eigenvalue weighted by Gasteiger charge is 2.06. The first-order valence-corrected chi connectivity index (χ1v) is 6.50. The molecule has 0 fully saturated rings. The van der Waals surface area contributed by atoms with Gasteiger partial charge in [0.05, 0.1) is 6.54 Å². The maximum atomic E-state index is 11.7. The SMILES string of the molecule is CCC(=O)NCCNC(=O)CNC(=O)c1ccccc1. The van der Waals surface area contributed by atoms with E-state index in [1.165, 1.54) is 0 Å². The van der Waals surface area contributed by atoms with Gasteiger partial charge in [-0.2, -0.15) is 0 Å². The van der Waals surface area contributed by atoms with Crippen molar-refractivity contribution in [2.24, 2.45) is 0 Å². The van der Waals surface area contributed by atoms with Crippen molar-refractivity contribution in [3.63, 3.8) is 0 Å². The Morgan fingerprint density at radius 2 is 1.50 bits per heavy atom. The zero-order valence-electron chi connectivity index (χ0n) is 11.4. The molecule has 0 aromatic heterocycles. The fraction of sp³-hybridized carbons (Fsp3) is 0.357. The molecule has 3 N–H and O–H groups in total. The van der Waals surface area contributed by atoms with Crippen LogP contribution in [0.4, 0.5) is 0 Å². The summed E-state index contributed by atoms with van der Waals surface area (Å²) in [7, 11) is 0. The van der Waals surface area contributed by atoms with Gasteiger partial charge in [0.1, 0.15) is 0 Å². The molecule has 1 aromatic rings. The van der Waals surface area contributed by atoms with Crippen LogP contribution in [0.1, 0.15) is 23.7 Å². The molecule has 3 amide bonds. The third kappa shape index (κ3) is 5.99. The van der Waals surface area contributed by atoms with Crippen LogP contribution in [0.15, 0.2) is 30.3 Å². The van der Waals surface area contributed by atoms with Crippen molar-refractivity contribution in [2.45, 2.75) is 13.3 Å². The quantitative estimate of drug-likeness (QED) is 0.616. The van der Waals surface area contributed by atoms with Crippen LogP contribution in [0, 0.1) is 0 Å². The maximum absolute atomic E-state index is 11.7. The van der Waals surface area contributed by atoms with Crippen LogP contribution < -0.4 is 16.0 Å². The van der Waals surface area contributed by atoms with E-state index in [0.29, 0.717) is 25.1 Å². The largest absolute Gasteiger partial charge is 0.354 e. The van der Waals surface area contributed by atoms with E-state index in [0.717, 1.165) is 0 Å². The Morgan fingerprint density at radius 3 is 2.10 bits per heavy atom. The summed E-state index contributed by atoms with van der Waals surface area (Å²) in [5.74, 6) is -0.642. The van der Waals surface area contributed by atoms with Crippen molar-refractivity contribution in [1.29, 1.82) is 0 Å². The van der Waals surface area contributed by atoms with Crippen molar-refractivity contribution in [3.05, 3.63) is 35.9 Å². The summed E-state index contributed by atoms with van der Waals surface area (Å²) in [6.07, 6.45) is 0.418. The van der Waals surface area contributed by atoms with E-state index in [4.69, 9.17) is 0 Å². The normalized spacial score (nSPS) is 9.65. The van der Waals surface area contributed by atoms with Crippen LogP contribution >= 0.6 is 0 Å². The standard InChI is InChI=1S/C14H19N3O3/c1-2-12(18)15-8-9-16-13(19)10-17-14(20)11-6-4-3-5-7-11/h3-7H,2,8-10H2,1H3,(H,15,18)(H,16,19)(H,17,20). The van der Waals surface area contributed by atoms with Crippen LogP contribution in [-0.2, 0) is 9.59 Å². The fourth-order valence-electron chi connectivity index (χ4n) is 1.44. The predicted octanol–water partition coefficient (Wildman–Crippen LogP) is 0.0588. The van der Waals surface area contributed by atoms with Crippen LogP contribution in [0.25, 0.3) is 0 Å². The minimum atomic E-state index is -0.292. The topological polar surface area (TPSA) is 87.3 Å². The molecule has 0 saturated heterocycles. The maximum Gasteiger partial charge on any atom is 0.251 e. The van der Waals surface area contributed by atoms with Gasteiger partial charge in [-0.05, 0) is 12.1 Å². The molecule has 6 nitrogen and oxygen atoms in total. The molecular formula is C14H19N3O3. The first kappa shape index (κ1) is 15.7. The highest BCUT2D eigenvalue weighted by atomic mass is 16.2. The molecule has 1 rings (SSSR count). The molecule has 0 spiro atoms. The molecule has 1 aromatic carbocycles. The van der Waals surface area contributed by atoms with E-state index in [1.54, 1.807) is 31.2 Å². The first-order chi connectivity index (χ1) is 9.63. The summed E-state index contributed by atoms with van der Waals surface area (Å²) < 4.78 is 0. The second-order valence-corrected chi connectivity index (χ2v) is 4.10. The number of nitrogens with one attached hydrogen (secondary N) is 3. The van der Waals surface area contributed by atoms with Crippen molar-refractivity contribution < 1.29 is 14.4 Å². The third-order valence-electron chi connectivity index (χ3n) is 2.54. The molecule has 0 radical (unpaired) electrons. The number of hydrogen-bond donors (Lipinski definition) is 3. The van der Waals surface area contributed by atoms with Crippen LogP contribution in [-0.4, -0.2) is 37.4 Å². The first-order valence-electron chi connectivity index (χ1n) is 6.50. The third-order valence-corrected chi connectivity index (χ3v) is 2.54. The highest BCUT2D eigenvalue weighted by Crippen LogP contribution is 1.96. The van der Waals surface area contributed by atoms with Gasteiger partial charge < -0.3 is 16.0 Å². The number of carbonyl (C=O) groups excluding carboxylic acids is 3. The van der Waals surface area contributed by atoms with Crippen molar-refractivity contribution in [3.8, 4) is 0 Å². The molecule has 0 heterocycles. The summed E-state index contributed by atoms with van der Waals surface area (Å²) in [6, 6.07) is 8.67. The smallest absolute Gasteiger partial charge is 0.251 e. The van der Waals surface area contributed by atoms with Gasteiger partial charge in [0.15, 0.2) is 0 Å². The minimum Gasteiger partial charge on any atom is -0.354 e. The van der Waals surface area contributed by atoms with E-state index in [1.807, 2.05) is 6.07 Å². The molecule has 0 aliphatic rings. The van der Waals surface area contributed by atoms with Crippen molar-refractivity contribution in [1.82, 2.24) is 16.0 Å². The summed E-state index contributed by atoms with van der Waals surface area (Å²) in [5, 5.41) is 7.76. The Hall–Kier alpha value is -2.37. The zero-order chi connectivity index (χ0) is 14.8. The monoisotopic (exact) mass is 277 g/mol. The Labute approximate surface area is 117 Å². The van der Waals surface area contributed by atoms with Crippen LogP contribution in [0.5, 0.6) is 0 Å². The Balaban J connectivity index is 2.17. The molecule has 0 unspecified atom stereocenters. The zero-order valence-corrected chi connectivity index (χ0v) is 11.4. The lowest BCUT2D eigenvalue weighted by molar-refractivity contribution is -0.122.